The molecule has 1 heterocycles. The smallest absolute Gasteiger partial charge is 0.257 e. The van der Waals surface area contributed by atoms with Crippen LogP contribution in [0.3, 0.4) is 0 Å². The standard InChI is InChI=1S/C15H16ClN3O/c1-2-7-18-12-8-11(9-17-10-12)15(20)19-14-6-4-3-5-13(14)16/h3-6,8-10,18H,2,7H2,1H3,(H,19,20). The normalized spacial score (nSPS) is 10.1. The van der Waals surface area contributed by atoms with E-state index in [-0.39, 0.29) is 5.91 Å². The van der Waals surface area contributed by atoms with Crippen molar-refractivity contribution in [3.05, 3.63) is 53.3 Å². The summed E-state index contributed by atoms with van der Waals surface area (Å²) in [7, 11) is 0. The summed E-state index contributed by atoms with van der Waals surface area (Å²) in [6.45, 7) is 2.92. The Balaban J connectivity index is 2.11. The Morgan fingerprint density at radius 2 is 2.10 bits per heavy atom. The summed E-state index contributed by atoms with van der Waals surface area (Å²) in [5.41, 5.74) is 1.91. The van der Waals surface area contributed by atoms with Crippen LogP contribution in [0.1, 0.15) is 23.7 Å². The van der Waals surface area contributed by atoms with Crippen molar-refractivity contribution in [2.75, 3.05) is 17.2 Å². The summed E-state index contributed by atoms with van der Waals surface area (Å²) in [5, 5.41) is 6.48. The number of hydrogen-bond acceptors (Lipinski definition) is 3. The Kier molecular flexibility index (Phi) is 4.96. The van der Waals surface area contributed by atoms with E-state index >= 15 is 0 Å². The van der Waals surface area contributed by atoms with Crippen molar-refractivity contribution in [3.8, 4) is 0 Å². The minimum Gasteiger partial charge on any atom is -0.384 e. The number of aromatic nitrogens is 1. The summed E-state index contributed by atoms with van der Waals surface area (Å²) in [6, 6.07) is 8.89. The van der Waals surface area contributed by atoms with Gasteiger partial charge in [-0.2, -0.15) is 0 Å². The molecule has 0 fully saturated rings. The maximum Gasteiger partial charge on any atom is 0.257 e. The van der Waals surface area contributed by atoms with Gasteiger partial charge in [-0.25, -0.2) is 0 Å². The molecule has 1 aromatic carbocycles. The summed E-state index contributed by atoms with van der Waals surface area (Å²) in [4.78, 5) is 16.2. The van der Waals surface area contributed by atoms with E-state index in [1.165, 1.54) is 6.20 Å². The molecule has 20 heavy (non-hydrogen) atoms. The Hall–Kier alpha value is -2.07. The van der Waals surface area contributed by atoms with E-state index in [9.17, 15) is 4.79 Å². The van der Waals surface area contributed by atoms with E-state index in [0.717, 1.165) is 18.7 Å². The van der Waals surface area contributed by atoms with E-state index in [1.807, 2.05) is 12.1 Å². The van der Waals surface area contributed by atoms with Gasteiger partial charge in [-0.05, 0) is 24.6 Å². The molecule has 0 saturated heterocycles. The number of carbonyl (C=O) groups excluding carboxylic acids is 1. The number of nitrogens with zero attached hydrogens (tertiary/aromatic N) is 1. The van der Waals surface area contributed by atoms with Gasteiger partial charge in [0.25, 0.3) is 5.91 Å². The molecule has 0 atom stereocenters. The zero-order chi connectivity index (χ0) is 14.4. The van der Waals surface area contributed by atoms with Crippen molar-refractivity contribution in [1.82, 2.24) is 4.98 Å². The van der Waals surface area contributed by atoms with Gasteiger partial charge >= 0.3 is 0 Å². The highest BCUT2D eigenvalue weighted by molar-refractivity contribution is 6.33. The quantitative estimate of drug-likeness (QED) is 0.880. The predicted octanol–water partition coefficient (Wildman–Crippen LogP) is 3.81. The molecular formula is C15H16ClN3O. The second kappa shape index (κ2) is 6.91. The monoisotopic (exact) mass is 289 g/mol. The molecule has 1 amide bonds. The summed E-state index contributed by atoms with van der Waals surface area (Å²) in [6.07, 6.45) is 4.24. The number of rotatable bonds is 5. The van der Waals surface area contributed by atoms with Crippen LogP contribution in [0.5, 0.6) is 0 Å². The number of halogens is 1. The van der Waals surface area contributed by atoms with Gasteiger partial charge in [0.15, 0.2) is 0 Å². The van der Waals surface area contributed by atoms with Crippen LogP contribution in [0.2, 0.25) is 5.02 Å². The first-order chi connectivity index (χ1) is 9.70. The van der Waals surface area contributed by atoms with E-state index < -0.39 is 0 Å². The largest absolute Gasteiger partial charge is 0.384 e. The lowest BCUT2D eigenvalue weighted by atomic mass is 10.2. The lowest BCUT2D eigenvalue weighted by Crippen LogP contribution is -2.13. The average Bonchev–Trinajstić information content (AvgIpc) is 2.48. The summed E-state index contributed by atoms with van der Waals surface area (Å²) < 4.78 is 0. The SMILES string of the molecule is CCCNc1cncc(C(=O)Nc2ccccc2Cl)c1. The van der Waals surface area contributed by atoms with Crippen molar-refractivity contribution < 1.29 is 4.79 Å². The van der Waals surface area contributed by atoms with Gasteiger partial charge in [-0.1, -0.05) is 30.7 Å². The second-order valence-electron chi connectivity index (χ2n) is 4.32. The summed E-state index contributed by atoms with van der Waals surface area (Å²) in [5.74, 6) is -0.231. The molecule has 5 heteroatoms. The molecule has 0 unspecified atom stereocenters. The first kappa shape index (κ1) is 14.3. The van der Waals surface area contributed by atoms with Gasteiger partial charge in [-0.3, -0.25) is 9.78 Å². The summed E-state index contributed by atoms with van der Waals surface area (Å²) >= 11 is 6.01. The zero-order valence-corrected chi connectivity index (χ0v) is 11.9. The number of para-hydroxylation sites is 1. The zero-order valence-electron chi connectivity index (χ0n) is 11.2. The fourth-order valence-electron chi connectivity index (χ4n) is 1.69. The van der Waals surface area contributed by atoms with Crippen LogP contribution in [-0.4, -0.2) is 17.4 Å². The minimum atomic E-state index is -0.231. The highest BCUT2D eigenvalue weighted by atomic mass is 35.5. The van der Waals surface area contributed by atoms with Gasteiger partial charge in [0, 0.05) is 18.9 Å². The van der Waals surface area contributed by atoms with Gasteiger partial charge in [-0.15, -0.1) is 0 Å². The van der Waals surface area contributed by atoms with Crippen LogP contribution in [0, 0.1) is 0 Å². The maximum atomic E-state index is 12.2. The second-order valence-corrected chi connectivity index (χ2v) is 4.73. The Bertz CT molecular complexity index is 601. The van der Waals surface area contributed by atoms with Crippen LogP contribution in [0.25, 0.3) is 0 Å². The van der Waals surface area contributed by atoms with Crippen molar-refractivity contribution in [1.29, 1.82) is 0 Å². The molecule has 2 aromatic rings. The first-order valence-electron chi connectivity index (χ1n) is 6.45. The van der Waals surface area contributed by atoms with E-state index in [0.29, 0.717) is 16.3 Å². The molecular weight excluding hydrogens is 274 g/mol. The number of amides is 1. The molecule has 4 nitrogen and oxygen atoms in total. The van der Waals surface area contributed by atoms with Crippen LogP contribution < -0.4 is 10.6 Å². The fourth-order valence-corrected chi connectivity index (χ4v) is 1.87. The average molecular weight is 290 g/mol. The third-order valence-corrected chi connectivity index (χ3v) is 3.03. The van der Waals surface area contributed by atoms with E-state index in [4.69, 9.17) is 11.6 Å². The lowest BCUT2D eigenvalue weighted by molar-refractivity contribution is 0.102. The van der Waals surface area contributed by atoms with Gasteiger partial charge in [0.2, 0.25) is 0 Å². The van der Waals surface area contributed by atoms with E-state index in [2.05, 4.69) is 22.5 Å². The highest BCUT2D eigenvalue weighted by Crippen LogP contribution is 2.21. The minimum absolute atomic E-state index is 0.231. The first-order valence-corrected chi connectivity index (χ1v) is 6.83. The molecule has 0 bridgehead atoms. The number of pyridine rings is 1. The molecule has 1 aromatic heterocycles. The van der Waals surface area contributed by atoms with E-state index in [1.54, 1.807) is 24.4 Å². The third kappa shape index (κ3) is 3.71. The Labute approximate surface area is 123 Å². The molecule has 0 radical (unpaired) electrons. The van der Waals surface area contributed by atoms with Gasteiger partial charge in [0.1, 0.15) is 0 Å². The number of benzene rings is 1. The van der Waals surface area contributed by atoms with Crippen LogP contribution in [0.4, 0.5) is 11.4 Å². The molecule has 0 aliphatic heterocycles. The number of hydrogen-bond donors (Lipinski definition) is 2. The molecule has 0 aliphatic rings. The Morgan fingerprint density at radius 1 is 1.30 bits per heavy atom. The van der Waals surface area contributed by atoms with Crippen molar-refractivity contribution in [2.45, 2.75) is 13.3 Å². The number of carbonyl (C=O) groups is 1. The molecule has 0 spiro atoms. The molecule has 0 aliphatic carbocycles. The third-order valence-electron chi connectivity index (χ3n) is 2.70. The van der Waals surface area contributed by atoms with Crippen molar-refractivity contribution >= 4 is 28.9 Å². The van der Waals surface area contributed by atoms with Crippen LogP contribution >= 0.6 is 11.6 Å². The van der Waals surface area contributed by atoms with Crippen LogP contribution in [-0.2, 0) is 0 Å². The molecule has 2 rings (SSSR count). The lowest BCUT2D eigenvalue weighted by Gasteiger charge is -2.08. The molecule has 104 valence electrons. The predicted molar refractivity (Wildman–Crippen MR) is 82.4 cm³/mol. The maximum absolute atomic E-state index is 12.2. The van der Waals surface area contributed by atoms with Crippen molar-refractivity contribution in [2.24, 2.45) is 0 Å². The van der Waals surface area contributed by atoms with Gasteiger partial charge in [0.05, 0.1) is 22.0 Å². The van der Waals surface area contributed by atoms with Gasteiger partial charge < -0.3 is 10.6 Å². The number of nitrogens with one attached hydrogen (secondary N) is 2. The Morgan fingerprint density at radius 3 is 2.85 bits per heavy atom. The molecule has 0 saturated carbocycles. The van der Waals surface area contributed by atoms with Crippen LogP contribution in [0.15, 0.2) is 42.7 Å². The van der Waals surface area contributed by atoms with Crippen molar-refractivity contribution in [3.63, 3.8) is 0 Å². The number of anilines is 2. The molecule has 2 N–H and O–H groups in total. The highest BCUT2D eigenvalue weighted by Gasteiger charge is 2.09. The fraction of sp³-hybridized carbons (Fsp3) is 0.200. The topological polar surface area (TPSA) is 54.0 Å².